The van der Waals surface area contributed by atoms with E-state index in [0.29, 0.717) is 6.42 Å². The molecule has 0 heterocycles. The first-order valence-electron chi connectivity index (χ1n) is 7.37. The molecule has 0 bridgehead atoms. The molecule has 0 aromatic rings. The van der Waals surface area contributed by atoms with Crippen molar-refractivity contribution < 1.29 is 34.4 Å². The van der Waals surface area contributed by atoms with Crippen molar-refractivity contribution in [3.63, 3.8) is 0 Å². The van der Waals surface area contributed by atoms with Gasteiger partial charge in [0, 0.05) is 11.2 Å². The van der Waals surface area contributed by atoms with Crippen LogP contribution in [0.15, 0.2) is 0 Å². The van der Waals surface area contributed by atoms with E-state index in [4.69, 9.17) is 20.1 Å². The summed E-state index contributed by atoms with van der Waals surface area (Å²) in [5.74, 6) is -0.595. The van der Waals surface area contributed by atoms with Crippen molar-refractivity contribution in [3.8, 4) is 0 Å². The maximum atomic E-state index is 11.3. The maximum Gasteiger partial charge on any atom is 0.307 e. The highest BCUT2D eigenvalue weighted by molar-refractivity contribution is 7.81. The number of ether oxygens (including phenoxy) is 2. The van der Waals surface area contributed by atoms with Crippen LogP contribution in [0.3, 0.4) is 0 Å². The van der Waals surface area contributed by atoms with Crippen molar-refractivity contribution in [1.29, 1.82) is 0 Å². The van der Waals surface area contributed by atoms with E-state index in [9.17, 15) is 9.59 Å². The maximum absolute atomic E-state index is 11.3. The van der Waals surface area contributed by atoms with E-state index in [-0.39, 0.29) is 19.0 Å². The zero-order chi connectivity index (χ0) is 18.5. The minimum absolute atomic E-state index is 0.120. The van der Waals surface area contributed by atoms with Crippen LogP contribution in [0.2, 0.25) is 0 Å². The van der Waals surface area contributed by atoms with Gasteiger partial charge in [-0.1, -0.05) is 20.8 Å². The van der Waals surface area contributed by atoms with Crippen LogP contribution in [0.5, 0.6) is 0 Å². The first kappa shape index (κ1) is 24.4. The average molecular weight is 354 g/mol. The van der Waals surface area contributed by atoms with Crippen LogP contribution in [0.1, 0.15) is 40.0 Å². The summed E-state index contributed by atoms with van der Waals surface area (Å²) in [4.78, 5) is 21.5. The molecule has 138 valence electrons. The van der Waals surface area contributed by atoms with E-state index in [0.717, 1.165) is 6.42 Å². The highest BCUT2D eigenvalue weighted by atomic mass is 32.1. The van der Waals surface area contributed by atoms with Crippen LogP contribution in [0, 0.1) is 5.41 Å². The van der Waals surface area contributed by atoms with Gasteiger partial charge in [-0.15, -0.1) is 0 Å². The number of aliphatic hydroxyl groups is 3. The summed E-state index contributed by atoms with van der Waals surface area (Å²) < 4.78 is 8.77. The number of esters is 2. The molecule has 7 nitrogen and oxygen atoms in total. The van der Waals surface area contributed by atoms with Crippen LogP contribution in [-0.4, -0.2) is 65.5 Å². The molecular weight excluding hydrogens is 324 g/mol. The molecule has 0 aromatic carbocycles. The molecule has 0 spiro atoms. The van der Waals surface area contributed by atoms with E-state index < -0.39 is 36.0 Å². The first-order chi connectivity index (χ1) is 10.6. The smallest absolute Gasteiger partial charge is 0.307 e. The summed E-state index contributed by atoms with van der Waals surface area (Å²) in [6, 6.07) is 0. The van der Waals surface area contributed by atoms with Gasteiger partial charge in [0.05, 0.1) is 38.8 Å². The van der Waals surface area contributed by atoms with Crippen LogP contribution >= 0.6 is 12.6 Å². The Morgan fingerprint density at radius 1 is 1.04 bits per heavy atom. The van der Waals surface area contributed by atoms with Crippen molar-refractivity contribution in [2.75, 3.05) is 33.5 Å². The summed E-state index contributed by atoms with van der Waals surface area (Å²) in [6.45, 7) is 3.94. The van der Waals surface area contributed by atoms with Gasteiger partial charge in [-0.2, -0.15) is 12.6 Å². The molecule has 3 N–H and O–H groups in total. The quantitative estimate of drug-likeness (QED) is 0.353. The Morgan fingerprint density at radius 3 is 1.78 bits per heavy atom. The molecular formula is C15H30O7S. The van der Waals surface area contributed by atoms with Crippen LogP contribution in [-0.2, 0) is 19.1 Å². The third-order valence-electron chi connectivity index (χ3n) is 2.80. The lowest BCUT2D eigenvalue weighted by molar-refractivity contribution is -0.151. The Labute approximate surface area is 143 Å². The number of aliphatic hydroxyl groups excluding tert-OH is 3. The monoisotopic (exact) mass is 354 g/mol. The third kappa shape index (κ3) is 13.3. The summed E-state index contributed by atoms with van der Waals surface area (Å²) in [7, 11) is 1.40. The van der Waals surface area contributed by atoms with Crippen molar-refractivity contribution in [2.45, 2.75) is 44.8 Å². The molecule has 0 aliphatic heterocycles. The second-order valence-electron chi connectivity index (χ2n) is 5.95. The van der Waals surface area contributed by atoms with E-state index in [1.165, 1.54) is 7.11 Å². The normalized spacial score (nSPS) is 11.3. The van der Waals surface area contributed by atoms with Crippen molar-refractivity contribution in [3.05, 3.63) is 0 Å². The largest absolute Gasteiger partial charge is 0.469 e. The standard InChI is InChI=1S/C10H20O5S.C5H10O2/c1-9(2,16)3-8(14)15-7-10(4-11,5-12)6-13;1-3-4-5(6)7-2/h11-13,16H,3-7H2,1-2H3;3-4H2,1-2H3. The molecule has 0 atom stereocenters. The Bertz CT molecular complexity index is 327. The lowest BCUT2D eigenvalue weighted by Gasteiger charge is -2.27. The lowest BCUT2D eigenvalue weighted by atomic mass is 9.92. The molecule has 0 aliphatic rings. The minimum Gasteiger partial charge on any atom is -0.469 e. The Morgan fingerprint density at radius 2 is 1.52 bits per heavy atom. The second kappa shape index (κ2) is 12.6. The van der Waals surface area contributed by atoms with Gasteiger partial charge < -0.3 is 24.8 Å². The molecule has 23 heavy (non-hydrogen) atoms. The lowest BCUT2D eigenvalue weighted by Crippen LogP contribution is -2.39. The van der Waals surface area contributed by atoms with Crippen molar-refractivity contribution in [1.82, 2.24) is 0 Å². The highest BCUT2D eigenvalue weighted by Crippen LogP contribution is 2.20. The Balaban J connectivity index is 0. The number of hydrogen-bond donors (Lipinski definition) is 4. The van der Waals surface area contributed by atoms with E-state index in [2.05, 4.69) is 17.4 Å². The SMILES string of the molecule is CC(C)(S)CC(=O)OCC(CO)(CO)CO.CCCC(=O)OC. The van der Waals surface area contributed by atoms with Crippen LogP contribution in [0.4, 0.5) is 0 Å². The summed E-state index contributed by atoms with van der Waals surface area (Å²) in [6.07, 6.45) is 1.53. The third-order valence-corrected chi connectivity index (χ3v) is 2.96. The molecule has 0 saturated carbocycles. The minimum atomic E-state index is -1.17. The number of rotatable bonds is 9. The van der Waals surface area contributed by atoms with Gasteiger partial charge in [-0.3, -0.25) is 9.59 Å². The van der Waals surface area contributed by atoms with Crippen LogP contribution in [0.25, 0.3) is 0 Å². The number of methoxy groups -OCH3 is 1. The van der Waals surface area contributed by atoms with Gasteiger partial charge in [-0.05, 0) is 6.42 Å². The van der Waals surface area contributed by atoms with Gasteiger partial charge in [0.2, 0.25) is 0 Å². The zero-order valence-electron chi connectivity index (χ0n) is 14.4. The van der Waals surface area contributed by atoms with Gasteiger partial charge in [0.15, 0.2) is 0 Å². The zero-order valence-corrected chi connectivity index (χ0v) is 15.3. The van der Waals surface area contributed by atoms with E-state index in [1.54, 1.807) is 13.8 Å². The molecule has 0 aromatic heterocycles. The molecule has 0 aliphatic carbocycles. The first-order valence-corrected chi connectivity index (χ1v) is 7.81. The van der Waals surface area contributed by atoms with E-state index >= 15 is 0 Å². The van der Waals surface area contributed by atoms with Gasteiger partial charge in [0.1, 0.15) is 6.61 Å². The van der Waals surface area contributed by atoms with Crippen LogP contribution < -0.4 is 0 Å². The summed E-state index contributed by atoms with van der Waals surface area (Å²) >= 11 is 4.18. The Hall–Kier alpha value is -0.830. The highest BCUT2D eigenvalue weighted by Gasteiger charge is 2.30. The van der Waals surface area contributed by atoms with Gasteiger partial charge in [-0.25, -0.2) is 0 Å². The topological polar surface area (TPSA) is 113 Å². The number of hydrogen-bond acceptors (Lipinski definition) is 8. The molecule has 0 radical (unpaired) electrons. The van der Waals surface area contributed by atoms with Gasteiger partial charge in [0.25, 0.3) is 0 Å². The average Bonchev–Trinajstić information content (AvgIpc) is 2.48. The fourth-order valence-electron chi connectivity index (χ4n) is 1.23. The number of thiol groups is 1. The fourth-order valence-corrected chi connectivity index (χ4v) is 1.36. The van der Waals surface area contributed by atoms with Gasteiger partial charge >= 0.3 is 11.9 Å². The molecule has 0 fully saturated rings. The predicted octanol–water partition coefficient (Wildman–Crippen LogP) is 0.551. The summed E-state index contributed by atoms with van der Waals surface area (Å²) in [5, 5.41) is 27.0. The van der Waals surface area contributed by atoms with Crippen molar-refractivity contribution >= 4 is 24.6 Å². The molecule has 0 amide bonds. The van der Waals surface area contributed by atoms with Crippen molar-refractivity contribution in [2.24, 2.45) is 5.41 Å². The predicted molar refractivity (Wildman–Crippen MR) is 89.3 cm³/mol. The molecule has 0 rings (SSSR count). The number of carbonyl (C=O) groups excluding carboxylic acids is 2. The fraction of sp³-hybridized carbons (Fsp3) is 0.867. The summed E-state index contributed by atoms with van der Waals surface area (Å²) in [5.41, 5.74) is -1.17. The van der Waals surface area contributed by atoms with E-state index in [1.807, 2.05) is 6.92 Å². The Kier molecular flexibility index (Phi) is 13.4. The molecule has 0 saturated heterocycles. The number of carbonyl (C=O) groups is 2. The molecule has 8 heteroatoms. The molecule has 0 unspecified atom stereocenters. The second-order valence-corrected chi connectivity index (χ2v) is 7.16.